The van der Waals surface area contributed by atoms with Gasteiger partial charge in [-0.05, 0) is 32.4 Å². The third-order valence-corrected chi connectivity index (χ3v) is 4.95. The lowest BCUT2D eigenvalue weighted by Crippen LogP contribution is -2.43. The summed E-state index contributed by atoms with van der Waals surface area (Å²) in [6.07, 6.45) is 4.67. The van der Waals surface area contributed by atoms with E-state index in [-0.39, 0.29) is 0 Å². The number of aromatic nitrogens is 2. The van der Waals surface area contributed by atoms with Gasteiger partial charge in [0.25, 0.3) is 0 Å². The molecule has 2 aliphatic rings. The summed E-state index contributed by atoms with van der Waals surface area (Å²) in [7, 11) is 1.86. The molecule has 1 aromatic heterocycles. The molecule has 1 N–H and O–H groups in total. The maximum Gasteiger partial charge on any atom is 0.228 e. The highest BCUT2D eigenvalue weighted by Gasteiger charge is 2.30. The summed E-state index contributed by atoms with van der Waals surface area (Å²) in [5, 5.41) is 7.44. The van der Waals surface area contributed by atoms with Gasteiger partial charge in [-0.3, -0.25) is 9.89 Å². The zero-order valence-electron chi connectivity index (χ0n) is 15.2. The first kappa shape index (κ1) is 17.2. The van der Waals surface area contributed by atoms with Crippen LogP contribution in [-0.4, -0.2) is 71.7 Å². The van der Waals surface area contributed by atoms with Crippen molar-refractivity contribution in [1.29, 1.82) is 0 Å². The van der Waals surface area contributed by atoms with Crippen LogP contribution in [0.3, 0.4) is 0 Å². The van der Waals surface area contributed by atoms with Crippen LogP contribution in [0.5, 0.6) is 0 Å². The summed E-state index contributed by atoms with van der Waals surface area (Å²) in [5.74, 6) is 2.76. The molecule has 1 atom stereocenters. The van der Waals surface area contributed by atoms with Crippen LogP contribution in [0.2, 0.25) is 0 Å². The van der Waals surface area contributed by atoms with E-state index >= 15 is 0 Å². The van der Waals surface area contributed by atoms with Crippen LogP contribution in [0.1, 0.15) is 50.7 Å². The Morgan fingerprint density at radius 3 is 2.79 bits per heavy atom. The standard InChI is InChI=1S/C17H30N6O/c1-13(2)16-20-15(24-21-16)6-8-19-17(18-3)23-11-7-14(12-23)22-9-4-5-10-22/h13-14H,4-12H2,1-3H3,(H,18,19). The summed E-state index contributed by atoms with van der Waals surface area (Å²) in [4.78, 5) is 13.9. The van der Waals surface area contributed by atoms with Crippen molar-refractivity contribution in [3.8, 4) is 0 Å². The molecule has 0 spiro atoms. The summed E-state index contributed by atoms with van der Waals surface area (Å²) in [6.45, 7) is 9.59. The quantitative estimate of drug-likeness (QED) is 0.650. The summed E-state index contributed by atoms with van der Waals surface area (Å²) in [6, 6.07) is 0.690. The van der Waals surface area contributed by atoms with Crippen LogP contribution in [0, 0.1) is 0 Å². The Hall–Kier alpha value is -1.63. The van der Waals surface area contributed by atoms with Crippen molar-refractivity contribution in [2.45, 2.75) is 51.5 Å². The Morgan fingerprint density at radius 1 is 1.33 bits per heavy atom. The number of hydrogen-bond acceptors (Lipinski definition) is 5. The number of aliphatic imine (C=N–C) groups is 1. The van der Waals surface area contributed by atoms with Gasteiger partial charge >= 0.3 is 0 Å². The van der Waals surface area contributed by atoms with Gasteiger partial charge in [0, 0.05) is 45.1 Å². The van der Waals surface area contributed by atoms with Gasteiger partial charge in [-0.25, -0.2) is 0 Å². The average Bonchev–Trinajstić information content (AvgIpc) is 3.32. The van der Waals surface area contributed by atoms with Gasteiger partial charge in [0.05, 0.1) is 0 Å². The number of nitrogens with one attached hydrogen (secondary N) is 1. The van der Waals surface area contributed by atoms with Crippen molar-refractivity contribution in [3.05, 3.63) is 11.7 Å². The third-order valence-electron chi connectivity index (χ3n) is 4.95. The van der Waals surface area contributed by atoms with E-state index in [0.717, 1.165) is 37.8 Å². The van der Waals surface area contributed by atoms with Gasteiger partial charge in [0.15, 0.2) is 11.8 Å². The maximum absolute atomic E-state index is 5.29. The molecule has 3 heterocycles. The number of nitrogens with zero attached hydrogens (tertiary/aromatic N) is 5. The van der Waals surface area contributed by atoms with E-state index in [0.29, 0.717) is 17.9 Å². The van der Waals surface area contributed by atoms with Crippen molar-refractivity contribution >= 4 is 5.96 Å². The van der Waals surface area contributed by atoms with Crippen molar-refractivity contribution < 1.29 is 4.52 Å². The number of rotatable bonds is 5. The zero-order chi connectivity index (χ0) is 16.9. The van der Waals surface area contributed by atoms with Crippen molar-refractivity contribution in [2.75, 3.05) is 39.8 Å². The van der Waals surface area contributed by atoms with E-state index in [2.05, 4.69) is 44.1 Å². The first-order valence-corrected chi connectivity index (χ1v) is 9.19. The molecule has 2 fully saturated rings. The molecule has 2 aliphatic heterocycles. The lowest BCUT2D eigenvalue weighted by Gasteiger charge is -2.25. The smallest absolute Gasteiger partial charge is 0.228 e. The van der Waals surface area contributed by atoms with Crippen LogP contribution in [0.4, 0.5) is 0 Å². The fraction of sp³-hybridized carbons (Fsp3) is 0.824. The van der Waals surface area contributed by atoms with Gasteiger partial charge < -0.3 is 14.7 Å². The molecule has 3 rings (SSSR count). The molecule has 134 valence electrons. The normalized spacial score (nSPS) is 22.8. The van der Waals surface area contributed by atoms with E-state index in [4.69, 9.17) is 4.52 Å². The lowest BCUT2D eigenvalue weighted by molar-refractivity contribution is 0.249. The molecular weight excluding hydrogens is 304 g/mol. The highest BCUT2D eigenvalue weighted by molar-refractivity contribution is 5.80. The minimum absolute atomic E-state index is 0.301. The maximum atomic E-state index is 5.29. The second kappa shape index (κ2) is 7.96. The lowest BCUT2D eigenvalue weighted by atomic mass is 10.2. The minimum atomic E-state index is 0.301. The second-order valence-corrected chi connectivity index (χ2v) is 7.06. The van der Waals surface area contributed by atoms with Crippen LogP contribution >= 0.6 is 0 Å². The van der Waals surface area contributed by atoms with Gasteiger partial charge in [0.1, 0.15) is 0 Å². The predicted molar refractivity (Wildman–Crippen MR) is 94.2 cm³/mol. The molecule has 1 unspecified atom stereocenters. The molecule has 0 saturated carbocycles. The molecule has 1 aromatic rings. The first-order valence-electron chi connectivity index (χ1n) is 9.19. The van der Waals surface area contributed by atoms with Gasteiger partial charge in [-0.2, -0.15) is 4.98 Å². The van der Waals surface area contributed by atoms with Crippen molar-refractivity contribution in [3.63, 3.8) is 0 Å². The van der Waals surface area contributed by atoms with Crippen LogP contribution in [0.15, 0.2) is 9.52 Å². The monoisotopic (exact) mass is 334 g/mol. The van der Waals surface area contributed by atoms with E-state index in [1.165, 1.54) is 32.4 Å². The van der Waals surface area contributed by atoms with Crippen LogP contribution in [-0.2, 0) is 6.42 Å². The molecule has 0 radical (unpaired) electrons. The van der Waals surface area contributed by atoms with E-state index in [1.807, 2.05) is 7.05 Å². The average molecular weight is 334 g/mol. The Bertz CT molecular complexity index is 549. The fourth-order valence-corrected chi connectivity index (χ4v) is 3.56. The molecule has 24 heavy (non-hydrogen) atoms. The summed E-state index contributed by atoms with van der Waals surface area (Å²) < 4.78 is 5.29. The SMILES string of the molecule is CN=C(NCCc1nc(C(C)C)no1)N1CCC(N2CCCC2)C1. The minimum Gasteiger partial charge on any atom is -0.356 e. The molecule has 0 bridgehead atoms. The molecule has 7 nitrogen and oxygen atoms in total. The number of hydrogen-bond donors (Lipinski definition) is 1. The molecule has 2 saturated heterocycles. The molecule has 0 aliphatic carbocycles. The molecule has 0 amide bonds. The summed E-state index contributed by atoms with van der Waals surface area (Å²) in [5.41, 5.74) is 0. The molecule has 0 aromatic carbocycles. The largest absolute Gasteiger partial charge is 0.356 e. The first-order chi connectivity index (χ1) is 11.7. The van der Waals surface area contributed by atoms with Crippen molar-refractivity contribution in [2.24, 2.45) is 4.99 Å². The Kier molecular flexibility index (Phi) is 5.71. The van der Waals surface area contributed by atoms with Crippen LogP contribution < -0.4 is 5.32 Å². The highest BCUT2D eigenvalue weighted by atomic mass is 16.5. The molecule has 7 heteroatoms. The predicted octanol–water partition coefficient (Wildman–Crippen LogP) is 1.48. The van der Waals surface area contributed by atoms with E-state index in [1.54, 1.807) is 0 Å². The van der Waals surface area contributed by atoms with Gasteiger partial charge in [-0.1, -0.05) is 19.0 Å². The van der Waals surface area contributed by atoms with Crippen molar-refractivity contribution in [1.82, 2.24) is 25.3 Å². The number of likely N-dealkylation sites (tertiary alicyclic amines) is 2. The van der Waals surface area contributed by atoms with Gasteiger partial charge in [-0.15, -0.1) is 0 Å². The zero-order valence-corrected chi connectivity index (χ0v) is 15.2. The summed E-state index contributed by atoms with van der Waals surface area (Å²) >= 11 is 0. The van der Waals surface area contributed by atoms with E-state index < -0.39 is 0 Å². The van der Waals surface area contributed by atoms with Gasteiger partial charge in [0.2, 0.25) is 5.89 Å². The Balaban J connectivity index is 1.45. The highest BCUT2D eigenvalue weighted by Crippen LogP contribution is 2.20. The Labute approximate surface area is 144 Å². The fourth-order valence-electron chi connectivity index (χ4n) is 3.56. The van der Waals surface area contributed by atoms with Crippen LogP contribution in [0.25, 0.3) is 0 Å². The molecular formula is C17H30N6O. The van der Waals surface area contributed by atoms with E-state index in [9.17, 15) is 0 Å². The third kappa shape index (κ3) is 4.06. The number of guanidine groups is 1. The topological polar surface area (TPSA) is 69.8 Å². The second-order valence-electron chi connectivity index (χ2n) is 7.06. The Morgan fingerprint density at radius 2 is 2.12 bits per heavy atom.